The third kappa shape index (κ3) is 3.47. The summed E-state index contributed by atoms with van der Waals surface area (Å²) in [5.41, 5.74) is 1.85. The van der Waals surface area contributed by atoms with Crippen LogP contribution in [0, 0.1) is 0 Å². The summed E-state index contributed by atoms with van der Waals surface area (Å²) in [6.45, 7) is 2.91. The van der Waals surface area contributed by atoms with Gasteiger partial charge in [-0.05, 0) is 37.3 Å². The maximum Gasteiger partial charge on any atom is 0.150 e. The number of benzene rings is 2. The molecule has 24 heavy (non-hydrogen) atoms. The number of hydrogen-bond donors (Lipinski definition) is 0. The quantitative estimate of drug-likeness (QED) is 0.652. The maximum absolute atomic E-state index is 6.06. The van der Waals surface area contributed by atoms with Gasteiger partial charge in [-0.15, -0.1) is 5.10 Å². The molecule has 0 bridgehead atoms. The molecule has 0 atom stereocenters. The highest BCUT2D eigenvalue weighted by atomic mass is 35.5. The SMILES string of the molecule is CCN(C)c1cc(-n2ccnn2)ccc1Oc1ccc(Cl)c(Cl)c1. The standard InChI is InChI=1S/C17H16Cl2N4O/c1-3-22(2)16-10-12(23-9-8-20-21-23)4-7-17(16)24-13-5-6-14(18)15(19)11-13/h4-11H,3H2,1-2H3. The lowest BCUT2D eigenvalue weighted by molar-refractivity contribution is 0.482. The van der Waals surface area contributed by atoms with Crippen LogP contribution in [-0.4, -0.2) is 28.6 Å². The Morgan fingerprint density at radius 2 is 1.96 bits per heavy atom. The molecular weight excluding hydrogens is 347 g/mol. The molecule has 0 saturated heterocycles. The minimum absolute atomic E-state index is 0.457. The van der Waals surface area contributed by atoms with E-state index in [4.69, 9.17) is 27.9 Å². The normalized spacial score (nSPS) is 10.7. The Kier molecular flexibility index (Phi) is 4.92. The van der Waals surface area contributed by atoms with Crippen molar-refractivity contribution in [3.8, 4) is 17.2 Å². The second-order valence-corrected chi connectivity index (χ2v) is 6.01. The van der Waals surface area contributed by atoms with E-state index in [9.17, 15) is 0 Å². The molecule has 0 aliphatic heterocycles. The van der Waals surface area contributed by atoms with Gasteiger partial charge in [0.05, 0.1) is 33.8 Å². The first-order chi connectivity index (χ1) is 11.6. The number of hydrogen-bond acceptors (Lipinski definition) is 4. The zero-order valence-electron chi connectivity index (χ0n) is 13.3. The molecule has 0 aliphatic rings. The minimum Gasteiger partial charge on any atom is -0.455 e. The van der Waals surface area contributed by atoms with E-state index in [2.05, 4.69) is 22.1 Å². The topological polar surface area (TPSA) is 43.2 Å². The van der Waals surface area contributed by atoms with Crippen molar-refractivity contribution in [1.82, 2.24) is 15.0 Å². The van der Waals surface area contributed by atoms with Gasteiger partial charge in [0.25, 0.3) is 0 Å². The smallest absolute Gasteiger partial charge is 0.150 e. The number of rotatable bonds is 5. The van der Waals surface area contributed by atoms with Gasteiger partial charge in [-0.1, -0.05) is 28.4 Å². The van der Waals surface area contributed by atoms with Gasteiger partial charge >= 0.3 is 0 Å². The van der Waals surface area contributed by atoms with Gasteiger partial charge in [0.1, 0.15) is 5.75 Å². The summed E-state index contributed by atoms with van der Waals surface area (Å²) in [5, 5.41) is 8.82. The Hall–Kier alpha value is -2.24. The van der Waals surface area contributed by atoms with Crippen LogP contribution >= 0.6 is 23.2 Å². The molecule has 0 saturated carbocycles. The van der Waals surface area contributed by atoms with Crippen molar-refractivity contribution in [1.29, 1.82) is 0 Å². The molecule has 3 aromatic rings. The highest BCUT2D eigenvalue weighted by molar-refractivity contribution is 6.42. The second kappa shape index (κ2) is 7.11. The second-order valence-electron chi connectivity index (χ2n) is 5.19. The average molecular weight is 363 g/mol. The van der Waals surface area contributed by atoms with Crippen molar-refractivity contribution in [3.05, 3.63) is 58.8 Å². The van der Waals surface area contributed by atoms with Crippen LogP contribution in [0.4, 0.5) is 5.69 Å². The summed E-state index contributed by atoms with van der Waals surface area (Å²) >= 11 is 12.0. The highest BCUT2D eigenvalue weighted by Gasteiger charge is 2.12. The van der Waals surface area contributed by atoms with E-state index in [1.807, 2.05) is 25.2 Å². The monoisotopic (exact) mass is 362 g/mol. The molecule has 1 aromatic heterocycles. The molecule has 0 unspecified atom stereocenters. The van der Waals surface area contributed by atoms with Crippen LogP contribution in [0.2, 0.25) is 10.0 Å². The summed E-state index contributed by atoms with van der Waals surface area (Å²) in [4.78, 5) is 2.09. The summed E-state index contributed by atoms with van der Waals surface area (Å²) in [6.07, 6.45) is 3.44. The summed E-state index contributed by atoms with van der Waals surface area (Å²) in [5.74, 6) is 1.35. The summed E-state index contributed by atoms with van der Waals surface area (Å²) in [6, 6.07) is 11.0. The Balaban J connectivity index is 1.98. The predicted molar refractivity (Wildman–Crippen MR) is 96.8 cm³/mol. The van der Waals surface area contributed by atoms with Crippen LogP contribution in [0.15, 0.2) is 48.8 Å². The first-order valence-electron chi connectivity index (χ1n) is 7.43. The number of nitrogens with zero attached hydrogens (tertiary/aromatic N) is 4. The van der Waals surface area contributed by atoms with Gasteiger partial charge in [0.2, 0.25) is 0 Å². The molecule has 1 heterocycles. The van der Waals surface area contributed by atoms with Crippen LogP contribution in [-0.2, 0) is 0 Å². The fourth-order valence-corrected chi connectivity index (χ4v) is 2.50. The molecule has 0 radical (unpaired) electrons. The minimum atomic E-state index is 0.457. The van der Waals surface area contributed by atoms with Gasteiger partial charge in [-0.2, -0.15) is 0 Å². The molecule has 3 rings (SSSR count). The van der Waals surface area contributed by atoms with E-state index in [0.29, 0.717) is 15.8 Å². The Morgan fingerprint density at radius 1 is 1.12 bits per heavy atom. The van der Waals surface area contributed by atoms with Crippen molar-refractivity contribution in [2.24, 2.45) is 0 Å². The Labute approximate surface area is 150 Å². The van der Waals surface area contributed by atoms with Gasteiger partial charge < -0.3 is 9.64 Å². The van der Waals surface area contributed by atoms with Crippen molar-refractivity contribution >= 4 is 28.9 Å². The maximum atomic E-state index is 6.06. The van der Waals surface area contributed by atoms with Crippen LogP contribution in [0.1, 0.15) is 6.92 Å². The summed E-state index contributed by atoms with van der Waals surface area (Å²) in [7, 11) is 2.00. The van der Waals surface area contributed by atoms with Gasteiger partial charge in [-0.3, -0.25) is 0 Å². The zero-order chi connectivity index (χ0) is 17.1. The molecule has 0 N–H and O–H groups in total. The first-order valence-corrected chi connectivity index (χ1v) is 8.19. The molecule has 0 amide bonds. The molecule has 5 nitrogen and oxygen atoms in total. The molecule has 2 aromatic carbocycles. The summed E-state index contributed by atoms with van der Waals surface area (Å²) < 4.78 is 7.71. The number of halogens is 2. The Bertz CT molecular complexity index is 837. The van der Waals surface area contributed by atoms with E-state index in [1.54, 1.807) is 35.3 Å². The van der Waals surface area contributed by atoms with Crippen LogP contribution < -0.4 is 9.64 Å². The lowest BCUT2D eigenvalue weighted by atomic mass is 10.2. The fraction of sp³-hybridized carbons (Fsp3) is 0.176. The predicted octanol–water partition coefficient (Wildman–Crippen LogP) is 4.82. The number of anilines is 1. The fourth-order valence-electron chi connectivity index (χ4n) is 2.22. The lowest BCUT2D eigenvalue weighted by Gasteiger charge is -2.21. The molecule has 124 valence electrons. The molecule has 0 spiro atoms. The molecule has 0 aliphatic carbocycles. The average Bonchev–Trinajstić information content (AvgIpc) is 3.12. The van der Waals surface area contributed by atoms with E-state index >= 15 is 0 Å². The van der Waals surface area contributed by atoms with Crippen molar-refractivity contribution in [3.63, 3.8) is 0 Å². The van der Waals surface area contributed by atoms with E-state index in [-0.39, 0.29) is 0 Å². The lowest BCUT2D eigenvalue weighted by Crippen LogP contribution is -2.17. The van der Waals surface area contributed by atoms with E-state index in [1.165, 1.54) is 0 Å². The van der Waals surface area contributed by atoms with Crippen LogP contribution in [0.25, 0.3) is 5.69 Å². The third-order valence-electron chi connectivity index (χ3n) is 3.63. The number of ether oxygens (including phenoxy) is 1. The van der Waals surface area contributed by atoms with E-state index < -0.39 is 0 Å². The molecular formula is C17H16Cl2N4O. The molecule has 7 heteroatoms. The largest absolute Gasteiger partial charge is 0.455 e. The van der Waals surface area contributed by atoms with Gasteiger partial charge in [-0.25, -0.2) is 4.68 Å². The zero-order valence-corrected chi connectivity index (χ0v) is 14.8. The van der Waals surface area contributed by atoms with Crippen molar-refractivity contribution in [2.45, 2.75) is 6.92 Å². The molecule has 0 fully saturated rings. The third-order valence-corrected chi connectivity index (χ3v) is 4.37. The van der Waals surface area contributed by atoms with Gasteiger partial charge in [0, 0.05) is 19.7 Å². The number of aromatic nitrogens is 3. The highest BCUT2D eigenvalue weighted by Crippen LogP contribution is 2.35. The van der Waals surface area contributed by atoms with E-state index in [0.717, 1.165) is 23.7 Å². The van der Waals surface area contributed by atoms with Crippen LogP contribution in [0.5, 0.6) is 11.5 Å². The van der Waals surface area contributed by atoms with Crippen molar-refractivity contribution < 1.29 is 4.74 Å². The first kappa shape index (κ1) is 16.6. The van der Waals surface area contributed by atoms with Crippen molar-refractivity contribution in [2.75, 3.05) is 18.5 Å². The Morgan fingerprint density at radius 3 is 2.62 bits per heavy atom. The van der Waals surface area contributed by atoms with Gasteiger partial charge in [0.15, 0.2) is 5.75 Å². The van der Waals surface area contributed by atoms with Crippen LogP contribution in [0.3, 0.4) is 0 Å².